The highest BCUT2D eigenvalue weighted by Crippen LogP contribution is 2.38. The van der Waals surface area contributed by atoms with Crippen LogP contribution in [0.15, 0.2) is 111 Å². The van der Waals surface area contributed by atoms with Crippen LogP contribution in [0.25, 0.3) is 0 Å². The zero-order chi connectivity index (χ0) is 31.1. The van der Waals surface area contributed by atoms with Crippen LogP contribution in [-0.2, 0) is 0 Å². The fourth-order valence-electron chi connectivity index (χ4n) is 6.97. The third-order valence-electron chi connectivity index (χ3n) is 8.16. The predicted octanol–water partition coefficient (Wildman–Crippen LogP) is 7.14. The first-order valence-electron chi connectivity index (χ1n) is 14.8. The van der Waals surface area contributed by atoms with Crippen molar-refractivity contribution in [2.45, 2.75) is 99.2 Å². The molecule has 2 rings (SSSR count). The van der Waals surface area contributed by atoms with Crippen LogP contribution in [0, 0.1) is 5.41 Å². The molecule has 5 N–H and O–H groups in total. The molecule has 2 aliphatic rings. The second-order valence-corrected chi connectivity index (χ2v) is 12.0. The summed E-state index contributed by atoms with van der Waals surface area (Å²) >= 11 is 0. The van der Waals surface area contributed by atoms with E-state index >= 15 is 0 Å². The summed E-state index contributed by atoms with van der Waals surface area (Å²) in [6, 6.07) is 0. The number of piperidine rings is 2. The molecule has 2 heterocycles. The van der Waals surface area contributed by atoms with Gasteiger partial charge in [-0.15, -0.1) is 52.6 Å². The van der Waals surface area contributed by atoms with Crippen molar-refractivity contribution in [1.29, 1.82) is 5.41 Å². The average molecular weight is 572 g/mol. The third kappa shape index (κ3) is 9.23. The van der Waals surface area contributed by atoms with Gasteiger partial charge in [-0.05, 0) is 51.4 Å². The largest absolute Gasteiger partial charge is 0.304 e. The Kier molecular flexibility index (Phi) is 13.4. The van der Waals surface area contributed by atoms with E-state index in [1.54, 1.807) is 0 Å². The van der Waals surface area contributed by atoms with Gasteiger partial charge in [0.15, 0.2) is 0 Å². The summed E-state index contributed by atoms with van der Waals surface area (Å²) in [6.45, 7) is 32.0. The highest BCUT2D eigenvalue weighted by atomic mass is 15.5. The van der Waals surface area contributed by atoms with E-state index in [0.29, 0.717) is 25.7 Å². The minimum Gasteiger partial charge on any atom is -0.304 e. The SMILES string of the molecule is C=CCC1(CC=C)CC(=NNC(=N)NN=C2CC(CC=C)(CC=C)NC(CC=C)(CC=C)C2)CC(CC=C)(CC=C)N1. The second kappa shape index (κ2) is 16.2. The number of hydrogen-bond donors (Lipinski definition) is 5. The fourth-order valence-corrected chi connectivity index (χ4v) is 6.97. The molecular formula is C35H53N7. The maximum absolute atomic E-state index is 8.57. The summed E-state index contributed by atoms with van der Waals surface area (Å²) in [7, 11) is 0. The van der Waals surface area contributed by atoms with Crippen LogP contribution < -0.4 is 21.5 Å². The average Bonchev–Trinajstić information content (AvgIpc) is 2.91. The van der Waals surface area contributed by atoms with E-state index in [4.69, 9.17) is 15.6 Å². The van der Waals surface area contributed by atoms with Gasteiger partial charge in [-0.3, -0.25) is 5.41 Å². The highest BCUT2D eigenvalue weighted by Gasteiger charge is 2.45. The van der Waals surface area contributed by atoms with Crippen molar-refractivity contribution in [3.8, 4) is 0 Å². The van der Waals surface area contributed by atoms with Gasteiger partial charge >= 0.3 is 0 Å². The molecule has 0 aromatic heterocycles. The number of hydrazone groups is 2. The Labute approximate surface area is 254 Å². The monoisotopic (exact) mass is 571 g/mol. The molecule has 0 unspecified atom stereocenters. The van der Waals surface area contributed by atoms with Gasteiger partial charge < -0.3 is 10.6 Å². The Bertz CT molecular complexity index is 901. The van der Waals surface area contributed by atoms with Crippen LogP contribution in [0.5, 0.6) is 0 Å². The molecule has 0 amide bonds. The summed E-state index contributed by atoms with van der Waals surface area (Å²) in [5.41, 5.74) is 6.71. The molecule has 228 valence electrons. The Morgan fingerprint density at radius 1 is 0.524 bits per heavy atom. The number of nitrogens with zero attached hydrogens (tertiary/aromatic N) is 2. The summed E-state index contributed by atoms with van der Waals surface area (Å²) in [5, 5.41) is 25.8. The van der Waals surface area contributed by atoms with E-state index in [0.717, 1.165) is 62.8 Å². The molecule has 2 fully saturated rings. The lowest BCUT2D eigenvalue weighted by Crippen LogP contribution is -2.63. The lowest BCUT2D eigenvalue weighted by molar-refractivity contribution is 0.190. The fraction of sp³-hybridized carbons (Fsp3) is 0.457. The molecule has 0 saturated carbocycles. The molecule has 7 heteroatoms. The van der Waals surface area contributed by atoms with Crippen molar-refractivity contribution < 1.29 is 0 Å². The smallest absolute Gasteiger partial charge is 0.230 e. The minimum absolute atomic E-state index is 0.0132. The number of rotatable bonds is 18. The molecule has 0 aliphatic carbocycles. The van der Waals surface area contributed by atoms with E-state index in [1.807, 2.05) is 48.6 Å². The molecule has 7 nitrogen and oxygen atoms in total. The van der Waals surface area contributed by atoms with E-state index in [1.165, 1.54) is 0 Å². The molecule has 0 aromatic rings. The van der Waals surface area contributed by atoms with Crippen LogP contribution in [-0.4, -0.2) is 39.5 Å². The van der Waals surface area contributed by atoms with Gasteiger partial charge in [0, 0.05) is 59.3 Å². The van der Waals surface area contributed by atoms with Crippen molar-refractivity contribution >= 4 is 17.4 Å². The van der Waals surface area contributed by atoms with Crippen molar-refractivity contribution in [1.82, 2.24) is 21.5 Å². The van der Waals surface area contributed by atoms with Crippen molar-refractivity contribution in [3.63, 3.8) is 0 Å². The van der Waals surface area contributed by atoms with Crippen LogP contribution >= 0.6 is 0 Å². The van der Waals surface area contributed by atoms with Gasteiger partial charge in [0.1, 0.15) is 0 Å². The highest BCUT2D eigenvalue weighted by molar-refractivity contribution is 5.91. The Balaban J connectivity index is 2.32. The van der Waals surface area contributed by atoms with Gasteiger partial charge in [0.25, 0.3) is 0 Å². The van der Waals surface area contributed by atoms with Gasteiger partial charge in [-0.25, -0.2) is 10.9 Å². The lowest BCUT2D eigenvalue weighted by Gasteiger charge is -2.49. The Morgan fingerprint density at radius 3 is 0.929 bits per heavy atom. The summed E-state index contributed by atoms with van der Waals surface area (Å²) in [6.07, 6.45) is 24.5. The zero-order valence-electron chi connectivity index (χ0n) is 25.7. The molecule has 0 bridgehead atoms. The van der Waals surface area contributed by atoms with Gasteiger partial charge in [-0.2, -0.15) is 10.2 Å². The summed E-state index contributed by atoms with van der Waals surface area (Å²) in [5.74, 6) is 0.0132. The van der Waals surface area contributed by atoms with Gasteiger partial charge in [-0.1, -0.05) is 48.6 Å². The Hall–Kier alpha value is -3.55. The topological polar surface area (TPSA) is 96.7 Å². The standard InChI is InChI=1S/C35H53N7/c1-9-17-32(18-10-2)25-29(26-33(41-32,19-11-3)20-12-4)37-39-31(36)40-38-30-27-34(21-13-5,22-14-6)42-35(28-30,23-15-7)24-16-8/h9-16,41-42H,1-8,17-28H2,(H3,36,39,40). The van der Waals surface area contributed by atoms with E-state index in [9.17, 15) is 0 Å². The van der Waals surface area contributed by atoms with Crippen molar-refractivity contribution in [2.24, 2.45) is 10.2 Å². The van der Waals surface area contributed by atoms with E-state index < -0.39 is 0 Å². The number of nitrogens with one attached hydrogen (secondary N) is 5. The summed E-state index contributed by atoms with van der Waals surface area (Å²) < 4.78 is 0. The lowest BCUT2D eigenvalue weighted by atomic mass is 9.72. The van der Waals surface area contributed by atoms with Crippen LogP contribution in [0.2, 0.25) is 0 Å². The minimum atomic E-state index is -0.265. The first-order valence-corrected chi connectivity index (χ1v) is 14.8. The van der Waals surface area contributed by atoms with Gasteiger partial charge in [0.05, 0.1) is 0 Å². The van der Waals surface area contributed by atoms with Crippen molar-refractivity contribution in [2.75, 3.05) is 0 Å². The van der Waals surface area contributed by atoms with Crippen molar-refractivity contribution in [3.05, 3.63) is 101 Å². The number of guanidine groups is 1. The second-order valence-electron chi connectivity index (χ2n) is 12.0. The molecule has 0 radical (unpaired) electrons. The normalized spacial score (nSPS) is 19.7. The van der Waals surface area contributed by atoms with E-state index in [-0.39, 0.29) is 28.1 Å². The maximum atomic E-state index is 8.57. The molecule has 0 aromatic carbocycles. The third-order valence-corrected chi connectivity index (χ3v) is 8.16. The first kappa shape index (κ1) is 34.7. The predicted molar refractivity (Wildman–Crippen MR) is 183 cm³/mol. The Morgan fingerprint density at radius 2 is 0.738 bits per heavy atom. The molecular weight excluding hydrogens is 518 g/mol. The van der Waals surface area contributed by atoms with Crippen LogP contribution in [0.3, 0.4) is 0 Å². The van der Waals surface area contributed by atoms with Crippen LogP contribution in [0.1, 0.15) is 77.0 Å². The molecule has 2 saturated heterocycles. The molecule has 0 atom stereocenters. The zero-order valence-corrected chi connectivity index (χ0v) is 25.7. The van der Waals surface area contributed by atoms with Crippen LogP contribution in [0.4, 0.5) is 0 Å². The molecule has 2 aliphatic heterocycles. The first-order chi connectivity index (χ1) is 20.2. The quantitative estimate of drug-likeness (QED) is 0.0523. The van der Waals surface area contributed by atoms with Gasteiger partial charge in [0.2, 0.25) is 5.96 Å². The molecule has 0 spiro atoms. The van der Waals surface area contributed by atoms with E-state index in [2.05, 4.69) is 74.1 Å². The maximum Gasteiger partial charge on any atom is 0.230 e. The molecule has 42 heavy (non-hydrogen) atoms. The number of hydrogen-bond acceptors (Lipinski definition) is 5. The summed E-state index contributed by atoms with van der Waals surface area (Å²) in [4.78, 5) is 0.